The molecule has 0 radical (unpaired) electrons. The van der Waals surface area contributed by atoms with Crippen LogP contribution < -0.4 is 0 Å². The van der Waals surface area contributed by atoms with Crippen molar-refractivity contribution in [3.63, 3.8) is 0 Å². The Bertz CT molecular complexity index is 741. The third-order valence-corrected chi connectivity index (χ3v) is 6.87. The average molecular weight is 356 g/mol. The molecule has 1 aromatic rings. The van der Waals surface area contributed by atoms with Gasteiger partial charge in [-0.2, -0.15) is 4.31 Å². The Labute approximate surface area is 130 Å². The molecule has 120 valence electrons. The van der Waals surface area contributed by atoms with Crippen molar-refractivity contribution in [1.29, 1.82) is 0 Å². The van der Waals surface area contributed by atoms with Crippen molar-refractivity contribution in [2.24, 2.45) is 0 Å². The molecule has 0 heterocycles. The Hall–Kier alpha value is -0.670. The van der Waals surface area contributed by atoms with E-state index >= 15 is 0 Å². The number of sulfonamides is 1. The summed E-state index contributed by atoms with van der Waals surface area (Å²) in [7, 11) is -6.30. The van der Waals surface area contributed by atoms with Crippen LogP contribution in [0.4, 0.5) is 0 Å². The monoisotopic (exact) mass is 355 g/mol. The summed E-state index contributed by atoms with van der Waals surface area (Å²) >= 11 is 5.91. The molecule has 0 unspecified atom stereocenters. The van der Waals surface area contributed by atoms with E-state index < -0.39 is 32.0 Å². The lowest BCUT2D eigenvalue weighted by Gasteiger charge is -2.33. The SMILES string of the molecule is CN(C(C)(C)CO)S(=O)(=O)c1cc(S(C)(=O)=O)ccc1Cl. The summed E-state index contributed by atoms with van der Waals surface area (Å²) < 4.78 is 49.2. The van der Waals surface area contributed by atoms with Crippen LogP contribution in [0.1, 0.15) is 13.8 Å². The van der Waals surface area contributed by atoms with E-state index in [2.05, 4.69) is 0 Å². The standard InChI is InChI=1S/C12H18ClNO5S2/c1-12(2,8-15)14(3)21(18,19)11-7-9(20(4,16)17)5-6-10(11)13/h5-7,15H,8H2,1-4H3. The second kappa shape index (κ2) is 5.85. The Morgan fingerprint density at radius 1 is 1.24 bits per heavy atom. The van der Waals surface area contributed by atoms with E-state index in [-0.39, 0.29) is 14.8 Å². The van der Waals surface area contributed by atoms with Crippen LogP contribution in [-0.4, -0.2) is 51.7 Å². The van der Waals surface area contributed by atoms with Crippen LogP contribution in [0.5, 0.6) is 0 Å². The molecule has 1 rings (SSSR count). The summed E-state index contributed by atoms with van der Waals surface area (Å²) in [5.41, 5.74) is -1.05. The first-order valence-electron chi connectivity index (χ1n) is 5.93. The molecule has 21 heavy (non-hydrogen) atoms. The van der Waals surface area contributed by atoms with Crippen molar-refractivity contribution in [3.05, 3.63) is 23.2 Å². The number of nitrogens with zero attached hydrogens (tertiary/aromatic N) is 1. The summed E-state index contributed by atoms with van der Waals surface area (Å²) in [6.45, 7) is 2.68. The van der Waals surface area contributed by atoms with Crippen LogP contribution in [0.2, 0.25) is 5.02 Å². The predicted octanol–water partition coefficient (Wildman–Crippen LogP) is 1.13. The highest BCUT2D eigenvalue weighted by molar-refractivity contribution is 7.91. The minimum absolute atomic E-state index is 0.0806. The highest BCUT2D eigenvalue weighted by Gasteiger charge is 2.35. The average Bonchev–Trinajstić information content (AvgIpc) is 2.36. The van der Waals surface area contributed by atoms with Gasteiger partial charge in [0, 0.05) is 13.3 Å². The molecule has 1 N–H and O–H groups in total. The summed E-state index contributed by atoms with van der Waals surface area (Å²) in [5, 5.41) is 9.21. The fourth-order valence-corrected chi connectivity index (χ4v) is 4.21. The number of aliphatic hydroxyl groups excluding tert-OH is 1. The zero-order valence-corrected chi connectivity index (χ0v) is 14.5. The maximum Gasteiger partial charge on any atom is 0.244 e. The molecular formula is C12H18ClNO5S2. The van der Waals surface area contributed by atoms with E-state index in [0.717, 1.165) is 16.6 Å². The Balaban J connectivity index is 3.53. The maximum atomic E-state index is 12.6. The van der Waals surface area contributed by atoms with Crippen molar-refractivity contribution < 1.29 is 21.9 Å². The van der Waals surface area contributed by atoms with Crippen molar-refractivity contribution in [3.8, 4) is 0 Å². The lowest BCUT2D eigenvalue weighted by molar-refractivity contribution is 0.138. The smallest absolute Gasteiger partial charge is 0.244 e. The first-order valence-corrected chi connectivity index (χ1v) is 9.64. The van der Waals surface area contributed by atoms with Gasteiger partial charge < -0.3 is 5.11 Å². The van der Waals surface area contributed by atoms with Gasteiger partial charge in [-0.05, 0) is 32.0 Å². The summed E-state index contributed by atoms with van der Waals surface area (Å²) in [5.74, 6) is 0. The van der Waals surface area contributed by atoms with Crippen molar-refractivity contribution in [2.75, 3.05) is 19.9 Å². The molecule has 0 amide bonds. The lowest BCUT2D eigenvalue weighted by Crippen LogP contribution is -2.47. The molecule has 0 bridgehead atoms. The van der Waals surface area contributed by atoms with Crippen LogP contribution in [0, 0.1) is 0 Å². The van der Waals surface area contributed by atoms with Crippen molar-refractivity contribution >= 4 is 31.5 Å². The number of benzene rings is 1. The van der Waals surface area contributed by atoms with E-state index in [1.165, 1.54) is 19.2 Å². The second-order valence-electron chi connectivity index (χ2n) is 5.31. The zero-order chi connectivity index (χ0) is 16.6. The molecule has 0 aliphatic carbocycles. The van der Waals surface area contributed by atoms with Crippen molar-refractivity contribution in [1.82, 2.24) is 4.31 Å². The summed E-state index contributed by atoms with van der Waals surface area (Å²) in [4.78, 5) is -0.447. The lowest BCUT2D eigenvalue weighted by atomic mass is 10.1. The molecule has 0 fully saturated rings. The van der Waals surface area contributed by atoms with Gasteiger partial charge in [0.15, 0.2) is 9.84 Å². The van der Waals surface area contributed by atoms with E-state index in [1.807, 2.05) is 0 Å². The number of likely N-dealkylation sites (N-methyl/N-ethyl adjacent to an activating group) is 1. The Kier molecular flexibility index (Phi) is 5.12. The number of hydrogen-bond donors (Lipinski definition) is 1. The molecule has 1 aromatic carbocycles. The van der Waals surface area contributed by atoms with Gasteiger partial charge in [-0.15, -0.1) is 0 Å². The molecule has 0 spiro atoms. The normalized spacial score (nSPS) is 13.7. The van der Waals surface area contributed by atoms with E-state index in [1.54, 1.807) is 13.8 Å². The van der Waals surface area contributed by atoms with Gasteiger partial charge in [0.25, 0.3) is 0 Å². The van der Waals surface area contributed by atoms with Gasteiger partial charge in [0.1, 0.15) is 4.90 Å². The van der Waals surface area contributed by atoms with Crippen LogP contribution >= 0.6 is 11.6 Å². The molecule has 0 saturated carbocycles. The third-order valence-electron chi connectivity index (χ3n) is 3.21. The number of halogens is 1. The van der Waals surface area contributed by atoms with Crippen LogP contribution in [0.25, 0.3) is 0 Å². The molecule has 6 nitrogen and oxygen atoms in total. The van der Waals surface area contributed by atoms with Gasteiger partial charge in [-0.25, -0.2) is 16.8 Å². The molecule has 0 atom stereocenters. The molecular weight excluding hydrogens is 338 g/mol. The fourth-order valence-electron chi connectivity index (χ4n) is 1.48. The van der Waals surface area contributed by atoms with Crippen LogP contribution in [-0.2, 0) is 19.9 Å². The number of aliphatic hydroxyl groups is 1. The Morgan fingerprint density at radius 3 is 2.19 bits per heavy atom. The molecule has 9 heteroatoms. The van der Waals surface area contributed by atoms with E-state index in [4.69, 9.17) is 11.6 Å². The highest BCUT2D eigenvalue weighted by Crippen LogP contribution is 2.30. The molecule has 0 aliphatic rings. The number of hydrogen-bond acceptors (Lipinski definition) is 5. The number of rotatable bonds is 5. The topological polar surface area (TPSA) is 91.8 Å². The van der Waals surface area contributed by atoms with Gasteiger partial charge in [-0.1, -0.05) is 11.6 Å². The van der Waals surface area contributed by atoms with Gasteiger partial charge in [0.2, 0.25) is 10.0 Å². The third kappa shape index (κ3) is 3.75. The van der Waals surface area contributed by atoms with Crippen LogP contribution in [0.3, 0.4) is 0 Å². The predicted molar refractivity (Wildman–Crippen MR) is 80.7 cm³/mol. The second-order valence-corrected chi connectivity index (χ2v) is 9.67. The summed E-state index contributed by atoms with van der Waals surface area (Å²) in [6, 6.07) is 3.50. The first kappa shape index (κ1) is 18.4. The largest absolute Gasteiger partial charge is 0.394 e. The van der Waals surface area contributed by atoms with Crippen LogP contribution in [0.15, 0.2) is 28.0 Å². The maximum absolute atomic E-state index is 12.6. The van der Waals surface area contributed by atoms with Crippen molar-refractivity contribution in [2.45, 2.75) is 29.2 Å². The molecule has 0 aromatic heterocycles. The van der Waals surface area contributed by atoms with Gasteiger partial charge in [-0.3, -0.25) is 0 Å². The minimum atomic E-state index is -4.05. The zero-order valence-electron chi connectivity index (χ0n) is 12.2. The first-order chi connectivity index (χ1) is 9.34. The highest BCUT2D eigenvalue weighted by atomic mass is 35.5. The number of sulfone groups is 1. The molecule has 0 saturated heterocycles. The van der Waals surface area contributed by atoms with E-state index in [0.29, 0.717) is 0 Å². The summed E-state index contributed by atoms with van der Waals surface area (Å²) in [6.07, 6.45) is 0.980. The Morgan fingerprint density at radius 2 is 1.76 bits per heavy atom. The molecule has 0 aliphatic heterocycles. The minimum Gasteiger partial charge on any atom is -0.394 e. The fraction of sp³-hybridized carbons (Fsp3) is 0.500. The van der Waals surface area contributed by atoms with E-state index in [9.17, 15) is 21.9 Å². The quantitative estimate of drug-likeness (QED) is 0.855. The van der Waals surface area contributed by atoms with Gasteiger partial charge in [0.05, 0.1) is 22.1 Å². The van der Waals surface area contributed by atoms with Gasteiger partial charge >= 0.3 is 0 Å².